The predicted molar refractivity (Wildman–Crippen MR) is 100 cm³/mol. The van der Waals surface area contributed by atoms with Crippen LogP contribution in [0.25, 0.3) is 0 Å². The van der Waals surface area contributed by atoms with Gasteiger partial charge >= 0.3 is 11.7 Å². The highest BCUT2D eigenvalue weighted by atomic mass is 16.5. The van der Waals surface area contributed by atoms with Gasteiger partial charge in [0.05, 0.1) is 19.8 Å². The first-order chi connectivity index (χ1) is 13.1. The van der Waals surface area contributed by atoms with E-state index in [2.05, 4.69) is 0 Å². The highest BCUT2D eigenvalue weighted by Crippen LogP contribution is 2.29. The van der Waals surface area contributed by atoms with E-state index in [-0.39, 0.29) is 11.4 Å². The Labute approximate surface area is 160 Å². The monoisotopic (exact) mass is 391 g/mol. The van der Waals surface area contributed by atoms with Crippen LogP contribution in [0.2, 0.25) is 0 Å². The zero-order valence-corrected chi connectivity index (χ0v) is 16.2. The van der Waals surface area contributed by atoms with Crippen molar-refractivity contribution in [3.63, 3.8) is 0 Å². The van der Waals surface area contributed by atoms with Crippen molar-refractivity contribution in [3.05, 3.63) is 49.7 Å². The summed E-state index contributed by atoms with van der Waals surface area (Å²) in [7, 11) is 5.43. The largest absolute Gasteiger partial charge is 0.496 e. The number of methoxy groups -OCH3 is 2. The fourth-order valence-corrected chi connectivity index (χ4v) is 2.61. The van der Waals surface area contributed by atoms with Crippen molar-refractivity contribution >= 4 is 17.6 Å². The number of nitrogens with zero attached hydrogens (tertiary/aromatic N) is 2. The third-order valence-corrected chi connectivity index (χ3v) is 4.31. The van der Waals surface area contributed by atoms with E-state index >= 15 is 0 Å². The van der Waals surface area contributed by atoms with Gasteiger partial charge in [0.1, 0.15) is 22.9 Å². The first-order valence-electron chi connectivity index (χ1n) is 8.12. The molecule has 0 aliphatic carbocycles. The molecule has 0 aliphatic rings. The molecule has 1 heterocycles. The van der Waals surface area contributed by atoms with E-state index in [0.29, 0.717) is 17.1 Å². The Balaban J connectivity index is 2.29. The van der Waals surface area contributed by atoms with Crippen LogP contribution in [0.3, 0.4) is 0 Å². The number of esters is 1. The highest BCUT2D eigenvalue weighted by Gasteiger charge is 2.22. The number of nitrogens with two attached hydrogens (primary N) is 1. The molecule has 10 nitrogen and oxygen atoms in total. The zero-order valence-electron chi connectivity index (χ0n) is 16.2. The van der Waals surface area contributed by atoms with Gasteiger partial charge < -0.3 is 19.9 Å². The van der Waals surface area contributed by atoms with Crippen LogP contribution in [-0.2, 0) is 18.8 Å². The van der Waals surface area contributed by atoms with Crippen molar-refractivity contribution in [3.8, 4) is 11.5 Å². The fourth-order valence-electron chi connectivity index (χ4n) is 2.61. The summed E-state index contributed by atoms with van der Waals surface area (Å²) >= 11 is 0. The van der Waals surface area contributed by atoms with Gasteiger partial charge in [-0.3, -0.25) is 18.7 Å². The molecule has 1 aromatic carbocycles. The van der Waals surface area contributed by atoms with Crippen molar-refractivity contribution in [2.24, 2.45) is 14.1 Å². The molecule has 0 saturated carbocycles. The van der Waals surface area contributed by atoms with Gasteiger partial charge in [0.15, 0.2) is 6.61 Å². The SMILES string of the molecule is COc1cc(C(=O)OCC(=O)c2c(N)n(C)c(=O)n(C)c2=O)cc(OC)c1C. The van der Waals surface area contributed by atoms with E-state index in [1.165, 1.54) is 40.4 Å². The molecule has 0 spiro atoms. The number of ether oxygens (including phenoxy) is 3. The third kappa shape index (κ3) is 3.61. The Morgan fingerprint density at radius 2 is 1.57 bits per heavy atom. The van der Waals surface area contributed by atoms with Crippen LogP contribution in [0, 0.1) is 6.92 Å². The van der Waals surface area contributed by atoms with E-state index in [1.54, 1.807) is 6.92 Å². The predicted octanol–water partition coefficient (Wildman–Crippen LogP) is 0.0315. The molecule has 0 bridgehead atoms. The molecule has 0 fully saturated rings. The lowest BCUT2D eigenvalue weighted by Gasteiger charge is -2.13. The van der Waals surface area contributed by atoms with Crippen molar-refractivity contribution in [1.82, 2.24) is 9.13 Å². The summed E-state index contributed by atoms with van der Waals surface area (Å²) in [4.78, 5) is 48.7. The number of anilines is 1. The number of carbonyl (C=O) groups is 2. The summed E-state index contributed by atoms with van der Waals surface area (Å²) in [5.74, 6) is -1.12. The number of hydrogen-bond donors (Lipinski definition) is 1. The number of ketones is 1. The van der Waals surface area contributed by atoms with E-state index in [9.17, 15) is 19.2 Å². The normalized spacial score (nSPS) is 10.5. The molecule has 0 atom stereocenters. The molecule has 150 valence electrons. The molecule has 0 saturated heterocycles. The minimum absolute atomic E-state index is 0.105. The Morgan fingerprint density at radius 1 is 1.04 bits per heavy atom. The van der Waals surface area contributed by atoms with Crippen LogP contribution >= 0.6 is 0 Å². The summed E-state index contributed by atoms with van der Waals surface area (Å²) in [6.45, 7) is 1.03. The summed E-state index contributed by atoms with van der Waals surface area (Å²) in [5.41, 5.74) is 4.57. The number of hydrogen-bond acceptors (Lipinski definition) is 8. The minimum atomic E-state index is -0.861. The smallest absolute Gasteiger partial charge is 0.338 e. The molecule has 2 rings (SSSR count). The molecule has 10 heteroatoms. The van der Waals surface area contributed by atoms with Crippen LogP contribution in [-0.4, -0.2) is 41.7 Å². The summed E-state index contributed by atoms with van der Waals surface area (Å²) in [5, 5.41) is 0. The number of nitrogen functional groups attached to an aromatic ring is 1. The Bertz CT molecular complexity index is 1040. The first-order valence-corrected chi connectivity index (χ1v) is 8.12. The molecular weight excluding hydrogens is 370 g/mol. The van der Waals surface area contributed by atoms with Crippen LogP contribution in [0.1, 0.15) is 26.3 Å². The van der Waals surface area contributed by atoms with Gasteiger partial charge in [-0.2, -0.15) is 0 Å². The van der Waals surface area contributed by atoms with Crippen molar-refractivity contribution < 1.29 is 23.8 Å². The quantitative estimate of drug-likeness (QED) is 0.539. The molecule has 28 heavy (non-hydrogen) atoms. The van der Waals surface area contributed by atoms with Crippen LogP contribution in [0.15, 0.2) is 21.7 Å². The molecule has 0 amide bonds. The van der Waals surface area contributed by atoms with Crippen LogP contribution in [0.5, 0.6) is 11.5 Å². The molecule has 0 aliphatic heterocycles. The topological polar surface area (TPSA) is 132 Å². The average Bonchev–Trinajstić information content (AvgIpc) is 2.69. The molecular formula is C18H21N3O7. The maximum atomic E-state index is 12.4. The summed E-state index contributed by atoms with van der Waals surface area (Å²) in [6, 6.07) is 2.90. The highest BCUT2D eigenvalue weighted by molar-refractivity contribution is 6.02. The van der Waals surface area contributed by atoms with E-state index < -0.39 is 35.2 Å². The number of Topliss-reactive ketones (excluding diaryl/α,β-unsaturated/α-hetero) is 1. The standard InChI is InChI=1S/C18H21N3O7/c1-9-12(26-4)6-10(7-13(9)27-5)17(24)28-8-11(22)14-15(19)20(2)18(25)21(3)16(14)23/h6-7H,8,19H2,1-5H3. The molecule has 0 unspecified atom stereocenters. The van der Waals surface area contributed by atoms with Crippen LogP contribution in [0.4, 0.5) is 5.82 Å². The number of rotatable bonds is 6. The number of benzene rings is 1. The second kappa shape index (κ2) is 7.99. The Kier molecular flexibility index (Phi) is 5.92. The molecule has 2 N–H and O–H groups in total. The van der Waals surface area contributed by atoms with E-state index in [0.717, 1.165) is 9.13 Å². The number of aromatic nitrogens is 2. The molecule has 1 aromatic heterocycles. The van der Waals surface area contributed by atoms with Gasteiger partial charge in [-0.15, -0.1) is 0 Å². The maximum absolute atomic E-state index is 12.4. The lowest BCUT2D eigenvalue weighted by molar-refractivity contribution is 0.0473. The van der Waals surface area contributed by atoms with E-state index in [1.807, 2.05) is 0 Å². The summed E-state index contributed by atoms with van der Waals surface area (Å²) < 4.78 is 17.1. The van der Waals surface area contributed by atoms with Gasteiger partial charge in [0, 0.05) is 19.7 Å². The lowest BCUT2D eigenvalue weighted by atomic mass is 10.1. The maximum Gasteiger partial charge on any atom is 0.338 e. The van der Waals surface area contributed by atoms with Gasteiger partial charge in [-0.25, -0.2) is 9.59 Å². The minimum Gasteiger partial charge on any atom is -0.496 e. The van der Waals surface area contributed by atoms with Gasteiger partial charge in [-0.05, 0) is 19.1 Å². The zero-order chi connectivity index (χ0) is 21.2. The molecule has 0 radical (unpaired) electrons. The average molecular weight is 391 g/mol. The molecule has 2 aromatic rings. The van der Waals surface area contributed by atoms with Crippen LogP contribution < -0.4 is 26.5 Å². The van der Waals surface area contributed by atoms with Gasteiger partial charge in [0.2, 0.25) is 5.78 Å². The van der Waals surface area contributed by atoms with Crippen molar-refractivity contribution in [2.45, 2.75) is 6.92 Å². The van der Waals surface area contributed by atoms with Gasteiger partial charge in [0.25, 0.3) is 5.56 Å². The van der Waals surface area contributed by atoms with Crippen molar-refractivity contribution in [1.29, 1.82) is 0 Å². The fraction of sp³-hybridized carbons (Fsp3) is 0.333. The van der Waals surface area contributed by atoms with E-state index in [4.69, 9.17) is 19.9 Å². The van der Waals surface area contributed by atoms with Crippen molar-refractivity contribution in [2.75, 3.05) is 26.6 Å². The third-order valence-electron chi connectivity index (χ3n) is 4.31. The first kappa shape index (κ1) is 20.7. The Morgan fingerprint density at radius 3 is 2.07 bits per heavy atom. The lowest BCUT2D eigenvalue weighted by Crippen LogP contribution is -2.42. The van der Waals surface area contributed by atoms with Gasteiger partial charge in [-0.1, -0.05) is 0 Å². The Hall–Kier alpha value is -3.56. The number of carbonyl (C=O) groups excluding carboxylic acids is 2. The summed E-state index contributed by atoms with van der Waals surface area (Å²) in [6.07, 6.45) is 0. The second-order valence-electron chi connectivity index (χ2n) is 5.97. The second-order valence-corrected chi connectivity index (χ2v) is 5.97.